The normalized spacial score (nSPS) is 16.6. The Kier molecular flexibility index (Phi) is 5.14. The molecule has 1 atom stereocenters. The average molecular weight is 404 g/mol. The van der Waals surface area contributed by atoms with Crippen molar-refractivity contribution in [2.75, 3.05) is 18.5 Å². The SMILES string of the molecule is COC(=O)C1Cc2c(OC)cccc2N1S(=O)(=O)c1ccc(C(C)(C)C)cc1. The number of benzene rings is 2. The van der Waals surface area contributed by atoms with Crippen LogP contribution in [0.25, 0.3) is 0 Å². The summed E-state index contributed by atoms with van der Waals surface area (Å²) < 4.78 is 38.3. The maximum Gasteiger partial charge on any atom is 0.330 e. The van der Waals surface area contributed by atoms with Crippen LogP contribution >= 0.6 is 0 Å². The molecule has 6 nitrogen and oxygen atoms in total. The minimum atomic E-state index is -3.97. The average Bonchev–Trinajstić information content (AvgIpc) is 3.07. The van der Waals surface area contributed by atoms with Crippen LogP contribution in [0.2, 0.25) is 0 Å². The van der Waals surface area contributed by atoms with Crippen molar-refractivity contribution in [2.24, 2.45) is 0 Å². The van der Waals surface area contributed by atoms with Crippen LogP contribution in [-0.4, -0.2) is 34.6 Å². The van der Waals surface area contributed by atoms with Crippen LogP contribution in [0.1, 0.15) is 31.9 Å². The first kappa shape index (κ1) is 20.2. The molecule has 0 amide bonds. The van der Waals surface area contributed by atoms with Gasteiger partial charge < -0.3 is 9.47 Å². The number of carbonyl (C=O) groups excluding carboxylic acids is 1. The van der Waals surface area contributed by atoms with Gasteiger partial charge in [0.25, 0.3) is 10.0 Å². The molecule has 150 valence electrons. The number of hydrogen-bond acceptors (Lipinski definition) is 5. The third kappa shape index (κ3) is 3.35. The summed E-state index contributed by atoms with van der Waals surface area (Å²) in [4.78, 5) is 12.5. The Hall–Kier alpha value is -2.54. The van der Waals surface area contributed by atoms with E-state index < -0.39 is 22.0 Å². The molecule has 1 aliphatic rings. The molecule has 0 aliphatic carbocycles. The number of esters is 1. The van der Waals surface area contributed by atoms with Gasteiger partial charge in [-0.1, -0.05) is 39.0 Å². The van der Waals surface area contributed by atoms with E-state index in [4.69, 9.17) is 9.47 Å². The lowest BCUT2D eigenvalue weighted by Crippen LogP contribution is -2.43. The molecular formula is C21H25NO5S. The molecule has 0 bridgehead atoms. The Bertz CT molecular complexity index is 990. The Morgan fingerprint density at radius 3 is 2.25 bits per heavy atom. The second kappa shape index (κ2) is 7.13. The zero-order chi connectivity index (χ0) is 20.7. The number of ether oxygens (including phenoxy) is 2. The third-order valence-corrected chi connectivity index (χ3v) is 6.83. The van der Waals surface area contributed by atoms with Crippen molar-refractivity contribution in [3.63, 3.8) is 0 Å². The summed E-state index contributed by atoms with van der Waals surface area (Å²) in [6.45, 7) is 6.19. The number of sulfonamides is 1. The van der Waals surface area contributed by atoms with Crippen LogP contribution in [0.15, 0.2) is 47.4 Å². The summed E-state index contributed by atoms with van der Waals surface area (Å²) in [6.07, 6.45) is 0.200. The maximum atomic E-state index is 13.5. The third-order valence-electron chi connectivity index (χ3n) is 5.00. The molecular weight excluding hydrogens is 378 g/mol. The summed E-state index contributed by atoms with van der Waals surface area (Å²) in [6, 6.07) is 11.0. The second-order valence-electron chi connectivity index (χ2n) is 7.78. The van der Waals surface area contributed by atoms with E-state index in [1.54, 1.807) is 30.3 Å². The van der Waals surface area contributed by atoms with Crippen molar-refractivity contribution in [2.45, 2.75) is 43.5 Å². The first-order valence-corrected chi connectivity index (χ1v) is 10.4. The van der Waals surface area contributed by atoms with Crippen LogP contribution in [0.4, 0.5) is 5.69 Å². The predicted molar refractivity (Wildman–Crippen MR) is 107 cm³/mol. The highest BCUT2D eigenvalue weighted by Crippen LogP contribution is 2.41. The number of nitrogens with zero attached hydrogens (tertiary/aromatic N) is 1. The monoisotopic (exact) mass is 403 g/mol. The molecule has 0 radical (unpaired) electrons. The van der Waals surface area contributed by atoms with Gasteiger partial charge in [-0.2, -0.15) is 0 Å². The zero-order valence-electron chi connectivity index (χ0n) is 16.7. The number of fused-ring (bicyclic) bond motifs is 1. The minimum absolute atomic E-state index is 0.0928. The summed E-state index contributed by atoms with van der Waals surface area (Å²) in [5, 5.41) is 0. The van der Waals surface area contributed by atoms with Gasteiger partial charge >= 0.3 is 5.97 Å². The van der Waals surface area contributed by atoms with Crippen molar-refractivity contribution < 1.29 is 22.7 Å². The molecule has 0 saturated carbocycles. The van der Waals surface area contributed by atoms with Crippen LogP contribution in [0, 0.1) is 0 Å². The molecule has 3 rings (SSSR count). The fraction of sp³-hybridized carbons (Fsp3) is 0.381. The molecule has 2 aromatic rings. The molecule has 2 aromatic carbocycles. The van der Waals surface area contributed by atoms with Crippen molar-refractivity contribution in [3.8, 4) is 5.75 Å². The van der Waals surface area contributed by atoms with Gasteiger partial charge in [-0.3, -0.25) is 4.31 Å². The van der Waals surface area contributed by atoms with Gasteiger partial charge in [0.15, 0.2) is 0 Å². The molecule has 7 heteroatoms. The smallest absolute Gasteiger partial charge is 0.330 e. The maximum absolute atomic E-state index is 13.5. The summed E-state index contributed by atoms with van der Waals surface area (Å²) >= 11 is 0. The van der Waals surface area contributed by atoms with Gasteiger partial charge in [0.2, 0.25) is 0 Å². The second-order valence-corrected chi connectivity index (χ2v) is 9.59. The Labute approximate surface area is 166 Å². The lowest BCUT2D eigenvalue weighted by Gasteiger charge is -2.26. The van der Waals surface area contributed by atoms with Gasteiger partial charge in [-0.25, -0.2) is 13.2 Å². The topological polar surface area (TPSA) is 72.9 Å². The molecule has 0 saturated heterocycles. The number of hydrogen-bond donors (Lipinski definition) is 0. The highest BCUT2D eigenvalue weighted by Gasteiger charge is 2.44. The number of carbonyl (C=O) groups is 1. The fourth-order valence-corrected chi connectivity index (χ4v) is 5.09. The standard InChI is InChI=1S/C21H25NO5S/c1-21(2,3)14-9-11-15(12-10-14)28(24,25)22-17-7-6-8-19(26-4)16(17)13-18(22)20(23)27-5/h6-12,18H,13H2,1-5H3. The van der Waals surface area contributed by atoms with Crippen molar-refractivity contribution in [1.82, 2.24) is 0 Å². The zero-order valence-corrected chi connectivity index (χ0v) is 17.5. The van der Waals surface area contributed by atoms with E-state index in [1.807, 2.05) is 12.1 Å². The van der Waals surface area contributed by atoms with Crippen molar-refractivity contribution in [1.29, 1.82) is 0 Å². The van der Waals surface area contributed by atoms with E-state index in [0.717, 1.165) is 9.87 Å². The van der Waals surface area contributed by atoms with Crippen LogP contribution < -0.4 is 9.04 Å². The number of methoxy groups -OCH3 is 2. The first-order chi connectivity index (χ1) is 13.1. The number of rotatable bonds is 4. The summed E-state index contributed by atoms with van der Waals surface area (Å²) in [7, 11) is -1.19. The molecule has 0 N–H and O–H groups in total. The minimum Gasteiger partial charge on any atom is -0.496 e. The van der Waals surface area contributed by atoms with Gasteiger partial charge in [0, 0.05) is 12.0 Å². The Morgan fingerprint density at radius 1 is 1.07 bits per heavy atom. The molecule has 1 heterocycles. The molecule has 0 aromatic heterocycles. The van der Waals surface area contributed by atoms with Gasteiger partial charge in [-0.15, -0.1) is 0 Å². The van der Waals surface area contributed by atoms with Crippen LogP contribution in [0.3, 0.4) is 0 Å². The van der Waals surface area contributed by atoms with E-state index in [1.165, 1.54) is 14.2 Å². The Morgan fingerprint density at radius 2 is 1.71 bits per heavy atom. The van der Waals surface area contributed by atoms with Gasteiger partial charge in [0.1, 0.15) is 11.8 Å². The van der Waals surface area contributed by atoms with E-state index in [9.17, 15) is 13.2 Å². The lowest BCUT2D eigenvalue weighted by molar-refractivity contribution is -0.141. The summed E-state index contributed by atoms with van der Waals surface area (Å²) in [5.74, 6) is -0.0553. The van der Waals surface area contributed by atoms with Gasteiger partial charge in [0.05, 0.1) is 24.8 Å². The van der Waals surface area contributed by atoms with Crippen molar-refractivity contribution in [3.05, 3.63) is 53.6 Å². The molecule has 0 spiro atoms. The highest BCUT2D eigenvalue weighted by atomic mass is 32.2. The Balaban J connectivity index is 2.12. The molecule has 1 unspecified atom stereocenters. The molecule has 1 aliphatic heterocycles. The highest BCUT2D eigenvalue weighted by molar-refractivity contribution is 7.93. The van der Waals surface area contributed by atoms with E-state index in [-0.39, 0.29) is 16.7 Å². The molecule has 0 fully saturated rings. The van der Waals surface area contributed by atoms with E-state index >= 15 is 0 Å². The number of anilines is 1. The van der Waals surface area contributed by atoms with Crippen molar-refractivity contribution >= 4 is 21.7 Å². The largest absolute Gasteiger partial charge is 0.496 e. The predicted octanol–water partition coefficient (Wildman–Crippen LogP) is 3.29. The summed E-state index contributed by atoms with van der Waals surface area (Å²) in [5.41, 5.74) is 2.05. The van der Waals surface area contributed by atoms with Gasteiger partial charge in [-0.05, 0) is 35.2 Å². The van der Waals surface area contributed by atoms with Crippen LogP contribution in [0.5, 0.6) is 5.75 Å². The molecule has 28 heavy (non-hydrogen) atoms. The van der Waals surface area contributed by atoms with E-state index in [0.29, 0.717) is 17.0 Å². The lowest BCUT2D eigenvalue weighted by atomic mass is 9.87. The quantitative estimate of drug-likeness (QED) is 0.733. The fourth-order valence-electron chi connectivity index (χ4n) is 3.45. The first-order valence-electron chi connectivity index (χ1n) is 9.00. The van der Waals surface area contributed by atoms with E-state index in [2.05, 4.69) is 20.8 Å². The van der Waals surface area contributed by atoms with Crippen LogP contribution in [-0.2, 0) is 31.4 Å².